The van der Waals surface area contributed by atoms with E-state index in [1.165, 1.54) is 18.6 Å². The first-order valence-corrected chi connectivity index (χ1v) is 6.76. The predicted molar refractivity (Wildman–Crippen MR) is 65.5 cm³/mol. The van der Waals surface area contributed by atoms with Crippen LogP contribution in [-0.4, -0.2) is 15.7 Å². The van der Waals surface area contributed by atoms with Gasteiger partial charge in [-0.3, -0.25) is 0 Å². The van der Waals surface area contributed by atoms with Crippen LogP contribution in [0.1, 0.15) is 47.5 Å². The minimum Gasteiger partial charge on any atom is -0.240 e. The van der Waals surface area contributed by atoms with Gasteiger partial charge in [-0.1, -0.05) is 0 Å². The van der Waals surface area contributed by atoms with Crippen molar-refractivity contribution in [1.29, 1.82) is 0 Å². The van der Waals surface area contributed by atoms with Crippen LogP contribution < -0.4 is 0 Å². The number of alkyl halides is 1. The quantitative estimate of drug-likeness (QED) is 0.741. The van der Waals surface area contributed by atoms with Crippen molar-refractivity contribution in [3.8, 4) is 0 Å². The molecule has 1 aliphatic heterocycles. The van der Waals surface area contributed by atoms with Crippen LogP contribution in [0.4, 0.5) is 0 Å². The highest BCUT2D eigenvalue weighted by Crippen LogP contribution is 2.38. The summed E-state index contributed by atoms with van der Waals surface area (Å²) >= 11 is 8.00. The third-order valence-corrected chi connectivity index (χ3v) is 4.29. The van der Waals surface area contributed by atoms with Gasteiger partial charge < -0.3 is 0 Å². The minimum atomic E-state index is -0.00437. The summed E-state index contributed by atoms with van der Waals surface area (Å²) < 4.78 is 0. The fourth-order valence-corrected chi connectivity index (χ4v) is 3.25. The Balaban J connectivity index is 2.24. The van der Waals surface area contributed by atoms with Gasteiger partial charge in [0, 0.05) is 17.5 Å². The molecule has 2 nitrogen and oxygen atoms in total. The van der Waals surface area contributed by atoms with Crippen LogP contribution in [0.3, 0.4) is 0 Å². The summed E-state index contributed by atoms with van der Waals surface area (Å²) in [5.41, 5.74) is 2.07. The molecule has 1 aliphatic rings. The second-order valence-corrected chi connectivity index (χ2v) is 5.85. The van der Waals surface area contributed by atoms with Gasteiger partial charge in [-0.05, 0) is 32.4 Å². The molecule has 0 amide bonds. The Morgan fingerprint density at radius 1 is 1.60 bits per heavy atom. The summed E-state index contributed by atoms with van der Waals surface area (Å²) in [6.07, 6.45) is 4.37. The molecule has 0 saturated carbocycles. The summed E-state index contributed by atoms with van der Waals surface area (Å²) in [7, 11) is 0. The van der Waals surface area contributed by atoms with Crippen molar-refractivity contribution in [3.05, 3.63) is 23.3 Å². The van der Waals surface area contributed by atoms with E-state index in [-0.39, 0.29) is 5.38 Å². The van der Waals surface area contributed by atoms with Gasteiger partial charge in [0.15, 0.2) is 0 Å². The normalized spacial score (nSPS) is 23.0. The molecule has 1 saturated heterocycles. The van der Waals surface area contributed by atoms with Crippen LogP contribution in [0.2, 0.25) is 0 Å². The zero-order valence-corrected chi connectivity index (χ0v) is 10.6. The Morgan fingerprint density at radius 2 is 2.40 bits per heavy atom. The summed E-state index contributed by atoms with van der Waals surface area (Å²) in [5.74, 6) is 2.22. The van der Waals surface area contributed by atoms with Gasteiger partial charge in [-0.15, -0.1) is 11.6 Å². The van der Waals surface area contributed by atoms with Crippen molar-refractivity contribution in [2.24, 2.45) is 0 Å². The van der Waals surface area contributed by atoms with Gasteiger partial charge in [0.1, 0.15) is 5.82 Å². The van der Waals surface area contributed by atoms with Gasteiger partial charge in [-0.2, -0.15) is 11.8 Å². The van der Waals surface area contributed by atoms with Crippen molar-refractivity contribution >= 4 is 23.4 Å². The number of aryl methyl sites for hydroxylation is 1. The molecule has 1 aromatic rings. The lowest BCUT2D eigenvalue weighted by Gasteiger charge is -2.11. The van der Waals surface area contributed by atoms with E-state index in [2.05, 4.69) is 9.97 Å². The first-order valence-electron chi connectivity index (χ1n) is 5.27. The Hall–Kier alpha value is -0.280. The molecule has 2 heterocycles. The topological polar surface area (TPSA) is 25.8 Å². The molecule has 0 bridgehead atoms. The average Bonchev–Trinajstić information content (AvgIpc) is 2.69. The van der Waals surface area contributed by atoms with Crippen LogP contribution in [0.25, 0.3) is 0 Å². The molecule has 15 heavy (non-hydrogen) atoms. The number of aromatic nitrogens is 2. The van der Waals surface area contributed by atoms with E-state index in [9.17, 15) is 0 Å². The third kappa shape index (κ3) is 2.45. The van der Waals surface area contributed by atoms with Crippen molar-refractivity contribution < 1.29 is 0 Å². The number of rotatable bonds is 2. The molecule has 1 fully saturated rings. The summed E-state index contributed by atoms with van der Waals surface area (Å²) in [5, 5.41) is 0.499. The average molecular weight is 243 g/mol. The van der Waals surface area contributed by atoms with E-state index in [1.807, 2.05) is 31.8 Å². The summed E-state index contributed by atoms with van der Waals surface area (Å²) in [4.78, 5) is 8.99. The van der Waals surface area contributed by atoms with Gasteiger partial charge in [0.05, 0.1) is 10.6 Å². The number of halogens is 1. The second-order valence-electron chi connectivity index (χ2n) is 3.89. The van der Waals surface area contributed by atoms with Crippen molar-refractivity contribution in [2.75, 3.05) is 5.75 Å². The van der Waals surface area contributed by atoms with Gasteiger partial charge in [0.2, 0.25) is 0 Å². The Morgan fingerprint density at radius 3 is 2.93 bits per heavy atom. The fourth-order valence-electron chi connectivity index (χ4n) is 1.82. The van der Waals surface area contributed by atoms with E-state index in [0.29, 0.717) is 5.25 Å². The number of hydrogen-bond donors (Lipinski definition) is 0. The zero-order valence-electron chi connectivity index (χ0n) is 9.03. The molecule has 4 heteroatoms. The lowest BCUT2D eigenvalue weighted by molar-refractivity contribution is 0.764. The van der Waals surface area contributed by atoms with Gasteiger partial charge >= 0.3 is 0 Å². The molecule has 0 aliphatic carbocycles. The largest absolute Gasteiger partial charge is 0.240 e. The molecule has 82 valence electrons. The van der Waals surface area contributed by atoms with Crippen molar-refractivity contribution in [3.63, 3.8) is 0 Å². The highest BCUT2D eigenvalue weighted by Gasteiger charge is 2.21. The number of hydrogen-bond acceptors (Lipinski definition) is 3. The molecule has 2 atom stereocenters. The molecule has 0 aromatic carbocycles. The summed E-state index contributed by atoms with van der Waals surface area (Å²) in [6, 6.07) is 0. The maximum atomic E-state index is 6.04. The fraction of sp³-hybridized carbons (Fsp3) is 0.636. The molecule has 2 unspecified atom stereocenters. The third-order valence-electron chi connectivity index (χ3n) is 2.68. The molecule has 2 rings (SSSR count). The maximum absolute atomic E-state index is 6.04. The molecular weight excluding hydrogens is 228 g/mol. The summed E-state index contributed by atoms with van der Waals surface area (Å²) in [6.45, 7) is 3.97. The second kappa shape index (κ2) is 4.71. The van der Waals surface area contributed by atoms with E-state index < -0.39 is 0 Å². The molecular formula is C11H15ClN2S. The first-order chi connectivity index (χ1) is 7.18. The maximum Gasteiger partial charge on any atom is 0.141 e. The van der Waals surface area contributed by atoms with Crippen LogP contribution >= 0.6 is 23.4 Å². The SMILES string of the molecule is Cc1nc(C2CCCS2)ncc1C(C)Cl. The lowest BCUT2D eigenvalue weighted by Crippen LogP contribution is -2.03. The lowest BCUT2D eigenvalue weighted by atomic mass is 10.2. The molecule has 0 N–H and O–H groups in total. The Bertz CT molecular complexity index is 348. The molecule has 1 aromatic heterocycles. The Kier molecular flexibility index (Phi) is 3.52. The van der Waals surface area contributed by atoms with Crippen molar-refractivity contribution in [2.45, 2.75) is 37.3 Å². The number of thioether (sulfide) groups is 1. The van der Waals surface area contributed by atoms with E-state index in [0.717, 1.165) is 17.1 Å². The minimum absolute atomic E-state index is 0.00437. The molecule has 0 radical (unpaired) electrons. The van der Waals surface area contributed by atoms with Crippen LogP contribution in [0.5, 0.6) is 0 Å². The predicted octanol–water partition coefficient (Wildman–Crippen LogP) is 3.65. The van der Waals surface area contributed by atoms with E-state index in [1.54, 1.807) is 0 Å². The van der Waals surface area contributed by atoms with Crippen molar-refractivity contribution in [1.82, 2.24) is 9.97 Å². The number of nitrogens with zero attached hydrogens (tertiary/aromatic N) is 2. The van der Waals surface area contributed by atoms with Gasteiger partial charge in [-0.25, -0.2) is 9.97 Å². The van der Waals surface area contributed by atoms with E-state index >= 15 is 0 Å². The monoisotopic (exact) mass is 242 g/mol. The zero-order chi connectivity index (χ0) is 10.8. The smallest absolute Gasteiger partial charge is 0.141 e. The first kappa shape index (κ1) is 11.2. The highest BCUT2D eigenvalue weighted by atomic mass is 35.5. The molecule has 0 spiro atoms. The standard InChI is InChI=1S/C11H15ClN2S/c1-7(12)9-6-13-11(14-8(9)2)10-4-3-5-15-10/h6-7,10H,3-5H2,1-2H3. The van der Waals surface area contributed by atoms with Crippen LogP contribution in [-0.2, 0) is 0 Å². The van der Waals surface area contributed by atoms with Gasteiger partial charge in [0.25, 0.3) is 0 Å². The van der Waals surface area contributed by atoms with Crippen LogP contribution in [0, 0.1) is 6.92 Å². The Labute approximate surface area is 99.8 Å². The highest BCUT2D eigenvalue weighted by molar-refractivity contribution is 7.99. The van der Waals surface area contributed by atoms with Crippen LogP contribution in [0.15, 0.2) is 6.20 Å². The van der Waals surface area contributed by atoms with E-state index in [4.69, 9.17) is 11.6 Å².